The van der Waals surface area contributed by atoms with Crippen LogP contribution in [0.15, 0.2) is 18.2 Å². The molecule has 1 aliphatic rings. The van der Waals surface area contributed by atoms with E-state index in [1.807, 2.05) is 25.1 Å². The molecule has 28 heavy (non-hydrogen) atoms. The molecule has 0 saturated carbocycles. The van der Waals surface area contributed by atoms with Crippen molar-refractivity contribution in [1.29, 1.82) is 0 Å². The smallest absolute Gasteiger partial charge is 0.341 e. The fourth-order valence-electron chi connectivity index (χ4n) is 3.96. The molecule has 4 nitrogen and oxygen atoms in total. The molecule has 3 rings (SSSR count). The van der Waals surface area contributed by atoms with Crippen LogP contribution in [0.1, 0.15) is 76.4 Å². The molecule has 0 saturated heterocycles. The van der Waals surface area contributed by atoms with E-state index >= 15 is 0 Å². The van der Waals surface area contributed by atoms with Gasteiger partial charge in [-0.1, -0.05) is 39.0 Å². The van der Waals surface area contributed by atoms with Gasteiger partial charge in [0, 0.05) is 10.4 Å². The van der Waals surface area contributed by atoms with Crippen molar-refractivity contribution in [2.24, 2.45) is 5.92 Å². The van der Waals surface area contributed by atoms with E-state index in [1.165, 1.54) is 16.2 Å². The van der Waals surface area contributed by atoms with Gasteiger partial charge in [-0.3, -0.25) is 4.79 Å². The number of anilines is 1. The van der Waals surface area contributed by atoms with E-state index < -0.39 is 0 Å². The molecule has 150 valence electrons. The highest BCUT2D eigenvalue weighted by Crippen LogP contribution is 2.40. The normalized spacial score (nSPS) is 15.8. The summed E-state index contributed by atoms with van der Waals surface area (Å²) in [5.74, 6) is 0.132. The summed E-state index contributed by atoms with van der Waals surface area (Å²) in [6.45, 7) is 8.48. The Hall–Kier alpha value is -2.14. The molecule has 1 heterocycles. The van der Waals surface area contributed by atoms with E-state index in [2.05, 4.69) is 26.1 Å². The lowest BCUT2D eigenvalue weighted by Crippen LogP contribution is -2.19. The lowest BCUT2D eigenvalue weighted by molar-refractivity contribution is 0.0526. The van der Waals surface area contributed by atoms with E-state index in [1.54, 1.807) is 0 Å². The molecule has 0 bridgehead atoms. The maximum atomic E-state index is 13.2. The van der Waals surface area contributed by atoms with Crippen molar-refractivity contribution < 1.29 is 14.3 Å². The molecule has 0 radical (unpaired) electrons. The third-order valence-corrected chi connectivity index (χ3v) is 6.61. The monoisotopic (exact) mass is 399 g/mol. The lowest BCUT2D eigenvalue weighted by atomic mass is 9.88. The maximum absolute atomic E-state index is 13.2. The Balaban J connectivity index is 2.01. The first-order valence-corrected chi connectivity index (χ1v) is 11.0. The van der Waals surface area contributed by atoms with Gasteiger partial charge >= 0.3 is 5.97 Å². The number of aryl methyl sites for hydroxylation is 2. The number of fused-ring (bicyclic) bond motifs is 1. The number of carbonyl (C=O) groups excluding carboxylic acids is 2. The van der Waals surface area contributed by atoms with Crippen molar-refractivity contribution in [2.75, 3.05) is 11.9 Å². The summed E-state index contributed by atoms with van der Waals surface area (Å²) in [6.07, 6.45) is 4.46. The SMILES string of the molecule is CCOC(=O)c1c(NC(=O)c2c(CC)cccc2CC)sc2c1CCC(C)C2. The predicted octanol–water partition coefficient (Wildman–Crippen LogP) is 5.43. The van der Waals surface area contributed by atoms with Crippen molar-refractivity contribution in [2.45, 2.75) is 59.8 Å². The molecule has 0 fully saturated rings. The Kier molecular flexibility index (Phi) is 6.55. The highest BCUT2D eigenvalue weighted by atomic mass is 32.1. The standard InChI is InChI=1S/C23H29NO3S/c1-5-15-9-8-10-16(6-2)19(15)21(25)24-22-20(23(26)27-7-3)17-12-11-14(4)13-18(17)28-22/h8-10,14H,5-7,11-13H2,1-4H3,(H,24,25). The number of esters is 1. The van der Waals surface area contributed by atoms with Gasteiger partial charge in [-0.2, -0.15) is 0 Å². The van der Waals surface area contributed by atoms with E-state index in [0.29, 0.717) is 23.1 Å². The Morgan fingerprint density at radius 3 is 2.43 bits per heavy atom. The van der Waals surface area contributed by atoms with Gasteiger partial charge in [-0.15, -0.1) is 11.3 Å². The van der Waals surface area contributed by atoms with Gasteiger partial charge < -0.3 is 10.1 Å². The van der Waals surface area contributed by atoms with Crippen molar-refractivity contribution in [3.8, 4) is 0 Å². The van der Waals surface area contributed by atoms with E-state index in [4.69, 9.17) is 4.74 Å². The number of benzene rings is 1. The molecule has 1 aromatic heterocycles. The molecular formula is C23H29NO3S. The second kappa shape index (κ2) is 8.91. The van der Waals surface area contributed by atoms with E-state index in [9.17, 15) is 9.59 Å². The zero-order valence-electron chi connectivity index (χ0n) is 17.2. The van der Waals surface area contributed by atoms with Crippen LogP contribution in [0.2, 0.25) is 0 Å². The van der Waals surface area contributed by atoms with Crippen LogP contribution in [0.5, 0.6) is 0 Å². The Labute approximate surface area is 171 Å². The van der Waals surface area contributed by atoms with Crippen molar-refractivity contribution >= 4 is 28.2 Å². The zero-order valence-corrected chi connectivity index (χ0v) is 18.0. The zero-order chi connectivity index (χ0) is 20.3. The topological polar surface area (TPSA) is 55.4 Å². The molecule has 1 atom stereocenters. The summed E-state index contributed by atoms with van der Waals surface area (Å²) < 4.78 is 5.31. The number of ether oxygens (including phenoxy) is 1. The predicted molar refractivity (Wildman–Crippen MR) is 115 cm³/mol. The average Bonchev–Trinajstić information content (AvgIpc) is 3.03. The molecule has 2 aromatic rings. The first kappa shape index (κ1) is 20.6. The van der Waals surface area contributed by atoms with Crippen LogP contribution in [0.25, 0.3) is 0 Å². The highest BCUT2D eigenvalue weighted by molar-refractivity contribution is 7.17. The summed E-state index contributed by atoms with van der Waals surface area (Å²) in [5, 5.41) is 3.70. The molecular weight excluding hydrogens is 370 g/mol. The molecule has 1 amide bonds. The first-order chi connectivity index (χ1) is 13.5. The number of hydrogen-bond donors (Lipinski definition) is 1. The first-order valence-electron chi connectivity index (χ1n) is 10.2. The number of amides is 1. The number of hydrogen-bond acceptors (Lipinski definition) is 4. The van der Waals surface area contributed by atoms with E-state index in [0.717, 1.165) is 54.4 Å². The molecule has 0 spiro atoms. The van der Waals surface area contributed by atoms with Gasteiger partial charge in [0.2, 0.25) is 0 Å². The van der Waals surface area contributed by atoms with Gasteiger partial charge in [0.25, 0.3) is 5.91 Å². The lowest BCUT2D eigenvalue weighted by Gasteiger charge is -2.18. The third kappa shape index (κ3) is 4.00. The van der Waals surface area contributed by atoms with Crippen LogP contribution in [0.3, 0.4) is 0 Å². The summed E-state index contributed by atoms with van der Waals surface area (Å²) in [5.41, 5.74) is 4.43. The van der Waals surface area contributed by atoms with Crippen LogP contribution in [0, 0.1) is 5.92 Å². The van der Waals surface area contributed by atoms with Gasteiger partial charge in [0.1, 0.15) is 5.00 Å². The summed E-state index contributed by atoms with van der Waals surface area (Å²) in [7, 11) is 0. The maximum Gasteiger partial charge on any atom is 0.341 e. The fourth-order valence-corrected chi connectivity index (χ4v) is 5.35. The second-order valence-electron chi connectivity index (χ2n) is 7.39. The van der Waals surface area contributed by atoms with Gasteiger partial charge in [0.15, 0.2) is 0 Å². The average molecular weight is 400 g/mol. The van der Waals surface area contributed by atoms with Crippen molar-refractivity contribution in [3.63, 3.8) is 0 Å². The van der Waals surface area contributed by atoms with Crippen molar-refractivity contribution in [3.05, 3.63) is 50.9 Å². The van der Waals surface area contributed by atoms with Crippen LogP contribution in [-0.4, -0.2) is 18.5 Å². The minimum absolute atomic E-state index is 0.133. The quantitative estimate of drug-likeness (QED) is 0.659. The van der Waals surface area contributed by atoms with Crippen LogP contribution >= 0.6 is 11.3 Å². The highest BCUT2D eigenvalue weighted by Gasteiger charge is 2.29. The van der Waals surface area contributed by atoms with Crippen LogP contribution in [-0.2, 0) is 30.4 Å². The Morgan fingerprint density at radius 1 is 1.14 bits per heavy atom. The van der Waals surface area contributed by atoms with Crippen LogP contribution < -0.4 is 5.32 Å². The second-order valence-corrected chi connectivity index (χ2v) is 8.49. The largest absolute Gasteiger partial charge is 0.462 e. The number of carbonyl (C=O) groups is 2. The fraction of sp³-hybridized carbons (Fsp3) is 0.478. The van der Waals surface area contributed by atoms with E-state index in [-0.39, 0.29) is 11.9 Å². The molecule has 1 aliphatic carbocycles. The molecule has 5 heteroatoms. The van der Waals surface area contributed by atoms with Gasteiger partial charge in [-0.05, 0) is 61.6 Å². The number of thiophene rings is 1. The van der Waals surface area contributed by atoms with Crippen molar-refractivity contribution in [1.82, 2.24) is 0 Å². The molecule has 0 aliphatic heterocycles. The molecule has 1 unspecified atom stereocenters. The Morgan fingerprint density at radius 2 is 1.82 bits per heavy atom. The molecule has 1 N–H and O–H groups in total. The van der Waals surface area contributed by atoms with Gasteiger partial charge in [0.05, 0.1) is 12.2 Å². The van der Waals surface area contributed by atoms with Crippen LogP contribution in [0.4, 0.5) is 5.00 Å². The summed E-state index contributed by atoms with van der Waals surface area (Å²) in [6, 6.07) is 6.01. The molecule has 1 aromatic carbocycles. The summed E-state index contributed by atoms with van der Waals surface area (Å²) in [4.78, 5) is 27.1. The minimum atomic E-state index is -0.329. The minimum Gasteiger partial charge on any atom is -0.462 e. The third-order valence-electron chi connectivity index (χ3n) is 5.44. The number of nitrogens with one attached hydrogen (secondary N) is 1. The van der Waals surface area contributed by atoms with Gasteiger partial charge in [-0.25, -0.2) is 4.79 Å². The summed E-state index contributed by atoms with van der Waals surface area (Å²) >= 11 is 1.54. The number of rotatable bonds is 6. The Bertz CT molecular complexity index is 862.